The van der Waals surface area contributed by atoms with Crippen molar-refractivity contribution >= 4 is 16.0 Å². The number of sulfonamides is 1. The number of aromatic nitrogens is 2. The molecule has 1 heterocycles. The zero-order valence-corrected chi connectivity index (χ0v) is 15.6. The second-order valence-electron chi connectivity index (χ2n) is 6.47. The van der Waals surface area contributed by atoms with E-state index in [-0.39, 0.29) is 10.8 Å². The second kappa shape index (κ2) is 7.66. The smallest absolute Gasteiger partial charge is 0.247 e. The topological polar surface area (TPSA) is 72.0 Å². The average Bonchev–Trinajstić information content (AvgIpc) is 2.62. The highest BCUT2D eigenvalue weighted by Crippen LogP contribution is 2.30. The summed E-state index contributed by atoms with van der Waals surface area (Å²) in [7, 11) is -3.81. The summed E-state index contributed by atoms with van der Waals surface area (Å²) in [5.74, 6) is 0.537. The van der Waals surface area contributed by atoms with E-state index in [4.69, 9.17) is 0 Å². The maximum Gasteiger partial charge on any atom is 0.264 e. The monoisotopic (exact) mass is 367 g/mol. The third-order valence-corrected chi connectivity index (χ3v) is 5.24. The molecule has 2 aromatic carbocycles. The van der Waals surface area contributed by atoms with Crippen LogP contribution in [0.4, 0.5) is 5.95 Å². The van der Waals surface area contributed by atoms with E-state index in [1.807, 2.05) is 42.5 Å². The van der Waals surface area contributed by atoms with Crippen LogP contribution in [0.5, 0.6) is 0 Å². The molecule has 1 aromatic heterocycles. The molecule has 0 saturated carbocycles. The van der Waals surface area contributed by atoms with Gasteiger partial charge >= 0.3 is 0 Å². The van der Waals surface area contributed by atoms with Crippen molar-refractivity contribution in [2.24, 2.45) is 5.92 Å². The Labute approximate surface area is 154 Å². The lowest BCUT2D eigenvalue weighted by atomic mass is 9.98. The summed E-state index contributed by atoms with van der Waals surface area (Å²) in [4.78, 5) is 8.11. The Morgan fingerprint density at radius 2 is 1.65 bits per heavy atom. The van der Waals surface area contributed by atoms with Crippen LogP contribution in [-0.2, 0) is 16.4 Å². The number of hydrogen-bond donors (Lipinski definition) is 1. The number of rotatable bonds is 6. The molecular weight excluding hydrogens is 346 g/mol. The second-order valence-corrected chi connectivity index (χ2v) is 8.12. The Morgan fingerprint density at radius 1 is 0.962 bits per heavy atom. The largest absolute Gasteiger partial charge is 0.264 e. The minimum Gasteiger partial charge on any atom is -0.247 e. The van der Waals surface area contributed by atoms with E-state index < -0.39 is 10.0 Å². The predicted molar refractivity (Wildman–Crippen MR) is 103 cm³/mol. The predicted octanol–water partition coefficient (Wildman–Crippen LogP) is 4.14. The SMILES string of the molecule is CC(C)Cc1ccc(S(=O)(=O)Nc2ncccn2)c(-c2ccccc2)c1. The molecule has 0 aliphatic carbocycles. The van der Waals surface area contributed by atoms with E-state index >= 15 is 0 Å². The first-order valence-corrected chi connectivity index (χ1v) is 9.92. The minimum absolute atomic E-state index is 0.0535. The van der Waals surface area contributed by atoms with Gasteiger partial charge in [-0.2, -0.15) is 0 Å². The van der Waals surface area contributed by atoms with Crippen molar-refractivity contribution in [2.75, 3.05) is 4.72 Å². The zero-order chi connectivity index (χ0) is 18.6. The van der Waals surface area contributed by atoms with Crippen LogP contribution in [-0.4, -0.2) is 18.4 Å². The molecule has 0 spiro atoms. The van der Waals surface area contributed by atoms with Crippen LogP contribution in [0.15, 0.2) is 71.9 Å². The third kappa shape index (κ3) is 4.26. The van der Waals surface area contributed by atoms with Crippen LogP contribution in [0.3, 0.4) is 0 Å². The van der Waals surface area contributed by atoms with Crippen molar-refractivity contribution in [1.82, 2.24) is 9.97 Å². The van der Waals surface area contributed by atoms with Crippen LogP contribution < -0.4 is 4.72 Å². The van der Waals surface area contributed by atoms with E-state index in [0.29, 0.717) is 11.5 Å². The van der Waals surface area contributed by atoms with Gasteiger partial charge in [0.05, 0.1) is 4.90 Å². The van der Waals surface area contributed by atoms with Gasteiger partial charge in [0, 0.05) is 18.0 Å². The van der Waals surface area contributed by atoms with Crippen molar-refractivity contribution in [3.63, 3.8) is 0 Å². The molecule has 3 aromatic rings. The zero-order valence-electron chi connectivity index (χ0n) is 14.8. The molecule has 1 N–H and O–H groups in total. The molecule has 3 rings (SSSR count). The Hall–Kier alpha value is -2.73. The first-order valence-electron chi connectivity index (χ1n) is 8.44. The van der Waals surface area contributed by atoms with E-state index in [1.54, 1.807) is 12.1 Å². The van der Waals surface area contributed by atoms with Gasteiger partial charge in [-0.1, -0.05) is 50.2 Å². The van der Waals surface area contributed by atoms with Crippen molar-refractivity contribution in [2.45, 2.75) is 25.2 Å². The van der Waals surface area contributed by atoms with E-state index in [1.165, 1.54) is 12.4 Å². The average molecular weight is 367 g/mol. The van der Waals surface area contributed by atoms with Gasteiger partial charge in [0.25, 0.3) is 10.0 Å². The Balaban J connectivity index is 2.08. The Kier molecular flexibility index (Phi) is 5.32. The summed E-state index contributed by atoms with van der Waals surface area (Å²) in [6.07, 6.45) is 3.87. The summed E-state index contributed by atoms with van der Waals surface area (Å²) in [5.41, 5.74) is 2.63. The van der Waals surface area contributed by atoms with E-state index in [0.717, 1.165) is 17.5 Å². The maximum atomic E-state index is 12.9. The van der Waals surface area contributed by atoms with Crippen LogP contribution in [0, 0.1) is 5.92 Å². The maximum absolute atomic E-state index is 12.9. The number of nitrogens with zero attached hydrogens (tertiary/aromatic N) is 2. The fraction of sp³-hybridized carbons (Fsp3) is 0.200. The third-order valence-electron chi connectivity index (χ3n) is 3.85. The Morgan fingerprint density at radius 3 is 2.31 bits per heavy atom. The first-order chi connectivity index (χ1) is 12.5. The van der Waals surface area contributed by atoms with Gasteiger partial charge in [-0.25, -0.2) is 23.1 Å². The van der Waals surface area contributed by atoms with Crippen LogP contribution in [0.2, 0.25) is 0 Å². The number of anilines is 1. The molecule has 0 bridgehead atoms. The lowest BCUT2D eigenvalue weighted by molar-refractivity contribution is 0.601. The van der Waals surface area contributed by atoms with Gasteiger partial charge in [-0.15, -0.1) is 0 Å². The van der Waals surface area contributed by atoms with Crippen molar-refractivity contribution in [3.8, 4) is 11.1 Å². The standard InChI is InChI=1S/C20H21N3O2S/c1-15(2)13-16-9-10-19(18(14-16)17-7-4-3-5-8-17)26(24,25)23-20-21-11-6-12-22-20/h3-12,14-15H,13H2,1-2H3,(H,21,22,23). The Bertz CT molecular complexity index is 972. The van der Waals surface area contributed by atoms with Crippen LogP contribution in [0.1, 0.15) is 19.4 Å². The normalized spacial score (nSPS) is 11.5. The highest BCUT2D eigenvalue weighted by molar-refractivity contribution is 7.92. The molecule has 134 valence electrons. The summed E-state index contributed by atoms with van der Waals surface area (Å²) < 4.78 is 28.3. The fourth-order valence-corrected chi connectivity index (χ4v) is 3.95. The van der Waals surface area contributed by atoms with Gasteiger partial charge in [0.2, 0.25) is 5.95 Å². The summed E-state index contributed by atoms with van der Waals surface area (Å²) in [6.45, 7) is 4.28. The molecule has 0 aliphatic rings. The molecule has 5 nitrogen and oxygen atoms in total. The van der Waals surface area contributed by atoms with Gasteiger partial charge in [-0.05, 0) is 41.7 Å². The molecule has 0 radical (unpaired) electrons. The number of benzene rings is 2. The van der Waals surface area contributed by atoms with Crippen LogP contribution in [0.25, 0.3) is 11.1 Å². The molecule has 26 heavy (non-hydrogen) atoms. The van der Waals surface area contributed by atoms with E-state index in [9.17, 15) is 8.42 Å². The van der Waals surface area contributed by atoms with Gasteiger partial charge < -0.3 is 0 Å². The van der Waals surface area contributed by atoms with Crippen molar-refractivity contribution in [3.05, 3.63) is 72.6 Å². The molecule has 0 aliphatic heterocycles. The van der Waals surface area contributed by atoms with Gasteiger partial charge in [0.1, 0.15) is 0 Å². The van der Waals surface area contributed by atoms with Crippen LogP contribution >= 0.6 is 0 Å². The summed E-state index contributed by atoms with van der Waals surface area (Å²) in [5, 5.41) is 0. The molecule has 0 amide bonds. The molecule has 0 fully saturated rings. The number of nitrogens with one attached hydrogen (secondary N) is 1. The molecule has 0 unspecified atom stereocenters. The summed E-state index contributed by atoms with van der Waals surface area (Å²) in [6, 6.07) is 16.6. The number of hydrogen-bond acceptors (Lipinski definition) is 4. The highest BCUT2D eigenvalue weighted by atomic mass is 32.2. The lowest BCUT2D eigenvalue weighted by Crippen LogP contribution is -2.16. The van der Waals surface area contributed by atoms with Gasteiger partial charge in [-0.3, -0.25) is 0 Å². The first kappa shape index (κ1) is 18.1. The summed E-state index contributed by atoms with van der Waals surface area (Å²) >= 11 is 0. The van der Waals surface area contributed by atoms with E-state index in [2.05, 4.69) is 28.5 Å². The molecule has 6 heteroatoms. The molecule has 0 atom stereocenters. The highest BCUT2D eigenvalue weighted by Gasteiger charge is 2.21. The molecule has 0 saturated heterocycles. The van der Waals surface area contributed by atoms with Crippen molar-refractivity contribution in [1.29, 1.82) is 0 Å². The van der Waals surface area contributed by atoms with Gasteiger partial charge in [0.15, 0.2) is 0 Å². The molecular formula is C20H21N3O2S. The minimum atomic E-state index is -3.81. The lowest BCUT2D eigenvalue weighted by Gasteiger charge is -2.14. The fourth-order valence-electron chi connectivity index (χ4n) is 2.78. The van der Waals surface area contributed by atoms with Crippen molar-refractivity contribution < 1.29 is 8.42 Å². The quantitative estimate of drug-likeness (QED) is 0.711.